The third kappa shape index (κ3) is 3.43. The van der Waals surface area contributed by atoms with Crippen molar-refractivity contribution in [2.75, 3.05) is 20.7 Å². The number of carbonyl (C=O) groups excluding carboxylic acids is 1. The van der Waals surface area contributed by atoms with E-state index >= 15 is 0 Å². The Hall–Kier alpha value is -2.92. The highest BCUT2D eigenvalue weighted by Crippen LogP contribution is 2.38. The van der Waals surface area contributed by atoms with E-state index in [1.165, 1.54) is 24.8 Å². The molecule has 4 nitrogen and oxygen atoms in total. The smallest absolute Gasteiger partial charge is 0.340 e. The van der Waals surface area contributed by atoms with Crippen molar-refractivity contribution >= 4 is 16.9 Å². The number of rotatable bonds is 4. The number of hydrogen-bond acceptors (Lipinski definition) is 3. The Kier molecular flexibility index (Phi) is 5.48. The van der Waals surface area contributed by atoms with Crippen LogP contribution in [0.5, 0.6) is 0 Å². The Morgan fingerprint density at radius 3 is 2.57 bits per heavy atom. The van der Waals surface area contributed by atoms with Crippen molar-refractivity contribution in [2.24, 2.45) is 0 Å². The molecule has 156 valence electrons. The van der Waals surface area contributed by atoms with Crippen LogP contribution in [0.2, 0.25) is 0 Å². The van der Waals surface area contributed by atoms with E-state index in [9.17, 15) is 9.18 Å². The molecular weight excluding hydrogens is 379 g/mol. The molecule has 1 aliphatic heterocycles. The molecule has 0 fully saturated rings. The monoisotopic (exact) mass is 406 g/mol. The zero-order valence-corrected chi connectivity index (χ0v) is 17.9. The Morgan fingerprint density at radius 1 is 1.17 bits per heavy atom. The second kappa shape index (κ2) is 8.07. The SMILES string of the molecule is COC(=O)c1c(C)n(C(C)C2=CCN(C)C(c3ccc(F)cc3)C2)c2ccccc12. The van der Waals surface area contributed by atoms with E-state index < -0.39 is 0 Å². The number of fused-ring (bicyclic) bond motifs is 1. The van der Waals surface area contributed by atoms with Crippen molar-refractivity contribution in [3.05, 3.63) is 82.8 Å². The largest absolute Gasteiger partial charge is 0.465 e. The van der Waals surface area contributed by atoms with E-state index in [2.05, 4.69) is 35.6 Å². The maximum atomic E-state index is 13.4. The molecule has 0 aliphatic carbocycles. The average Bonchev–Trinajstić information content (AvgIpc) is 3.05. The molecule has 0 spiro atoms. The number of hydrogen-bond donors (Lipinski definition) is 0. The minimum Gasteiger partial charge on any atom is -0.465 e. The number of ether oxygens (including phenoxy) is 1. The van der Waals surface area contributed by atoms with Gasteiger partial charge in [-0.1, -0.05) is 36.4 Å². The minimum atomic E-state index is -0.309. The van der Waals surface area contributed by atoms with Gasteiger partial charge in [0.1, 0.15) is 5.82 Å². The van der Waals surface area contributed by atoms with Crippen LogP contribution in [0, 0.1) is 12.7 Å². The molecule has 0 saturated carbocycles. The summed E-state index contributed by atoms with van der Waals surface area (Å²) in [7, 11) is 3.52. The van der Waals surface area contributed by atoms with Gasteiger partial charge < -0.3 is 9.30 Å². The van der Waals surface area contributed by atoms with E-state index in [-0.39, 0.29) is 23.9 Å². The number of halogens is 1. The summed E-state index contributed by atoms with van der Waals surface area (Å²) < 4.78 is 20.7. The molecule has 2 heterocycles. The molecule has 1 aliphatic rings. The Morgan fingerprint density at radius 2 is 1.87 bits per heavy atom. The molecule has 30 heavy (non-hydrogen) atoms. The van der Waals surface area contributed by atoms with Crippen LogP contribution in [-0.2, 0) is 4.74 Å². The summed E-state index contributed by atoms with van der Waals surface area (Å²) in [6, 6.07) is 15.0. The molecule has 0 bridgehead atoms. The number of methoxy groups -OCH3 is 1. The van der Waals surface area contributed by atoms with Crippen LogP contribution < -0.4 is 0 Å². The molecule has 0 saturated heterocycles. The lowest BCUT2D eigenvalue weighted by Gasteiger charge is -2.35. The minimum absolute atomic E-state index is 0.0879. The fourth-order valence-corrected chi connectivity index (χ4v) is 4.67. The number of benzene rings is 2. The molecule has 2 aromatic carbocycles. The second-order valence-electron chi connectivity index (χ2n) is 8.01. The fraction of sp³-hybridized carbons (Fsp3) is 0.320. The first kappa shape index (κ1) is 20.4. The molecule has 0 amide bonds. The number of esters is 1. The van der Waals surface area contributed by atoms with Crippen molar-refractivity contribution < 1.29 is 13.9 Å². The number of aromatic nitrogens is 1. The number of para-hydroxylation sites is 1. The summed E-state index contributed by atoms with van der Waals surface area (Å²) in [4.78, 5) is 14.8. The van der Waals surface area contributed by atoms with Crippen LogP contribution in [0.25, 0.3) is 10.9 Å². The average molecular weight is 407 g/mol. The predicted molar refractivity (Wildman–Crippen MR) is 117 cm³/mol. The third-order valence-corrected chi connectivity index (χ3v) is 6.33. The second-order valence-corrected chi connectivity index (χ2v) is 8.01. The summed E-state index contributed by atoms with van der Waals surface area (Å²) in [5, 5.41) is 0.914. The van der Waals surface area contributed by atoms with Gasteiger partial charge in [0.25, 0.3) is 0 Å². The summed E-state index contributed by atoms with van der Waals surface area (Å²) >= 11 is 0. The lowest BCUT2D eigenvalue weighted by molar-refractivity contribution is 0.0602. The molecule has 0 N–H and O–H groups in total. The van der Waals surface area contributed by atoms with Gasteiger partial charge in [-0.3, -0.25) is 4.90 Å². The van der Waals surface area contributed by atoms with Crippen molar-refractivity contribution in [3.8, 4) is 0 Å². The summed E-state index contributed by atoms with van der Waals surface area (Å²) in [5.41, 5.74) is 4.99. The van der Waals surface area contributed by atoms with Gasteiger partial charge in [-0.2, -0.15) is 0 Å². The zero-order chi connectivity index (χ0) is 21.4. The summed E-state index contributed by atoms with van der Waals surface area (Å²) in [5.74, 6) is -0.526. The first-order valence-corrected chi connectivity index (χ1v) is 10.2. The van der Waals surface area contributed by atoms with Crippen LogP contribution in [0.15, 0.2) is 60.2 Å². The Labute approximate surface area is 176 Å². The maximum absolute atomic E-state index is 13.4. The van der Waals surface area contributed by atoms with Gasteiger partial charge in [-0.15, -0.1) is 0 Å². The van der Waals surface area contributed by atoms with Crippen molar-refractivity contribution in [1.82, 2.24) is 9.47 Å². The normalized spacial score (nSPS) is 18.3. The topological polar surface area (TPSA) is 34.5 Å². The van der Waals surface area contributed by atoms with Crippen molar-refractivity contribution in [3.63, 3.8) is 0 Å². The van der Waals surface area contributed by atoms with E-state index in [4.69, 9.17) is 4.74 Å². The third-order valence-electron chi connectivity index (χ3n) is 6.33. The molecule has 2 atom stereocenters. The highest BCUT2D eigenvalue weighted by molar-refractivity contribution is 6.06. The van der Waals surface area contributed by atoms with Gasteiger partial charge in [0, 0.05) is 29.2 Å². The Bertz CT molecular complexity index is 1110. The lowest BCUT2D eigenvalue weighted by Crippen LogP contribution is -2.30. The zero-order valence-electron chi connectivity index (χ0n) is 17.9. The fourth-order valence-electron chi connectivity index (χ4n) is 4.67. The van der Waals surface area contributed by atoms with Crippen LogP contribution in [0.3, 0.4) is 0 Å². The van der Waals surface area contributed by atoms with Gasteiger partial charge >= 0.3 is 5.97 Å². The first-order valence-electron chi connectivity index (χ1n) is 10.2. The van der Waals surface area contributed by atoms with E-state index in [0.717, 1.165) is 35.1 Å². The van der Waals surface area contributed by atoms with Crippen LogP contribution in [-0.4, -0.2) is 36.1 Å². The van der Waals surface area contributed by atoms with Gasteiger partial charge in [0.15, 0.2) is 0 Å². The highest BCUT2D eigenvalue weighted by atomic mass is 19.1. The number of carbonyl (C=O) groups is 1. The van der Waals surface area contributed by atoms with Gasteiger partial charge in [-0.05, 0) is 56.7 Å². The van der Waals surface area contributed by atoms with E-state index in [1.807, 2.05) is 37.3 Å². The lowest BCUT2D eigenvalue weighted by atomic mass is 9.90. The predicted octanol–water partition coefficient (Wildman–Crippen LogP) is 5.44. The molecule has 2 unspecified atom stereocenters. The van der Waals surface area contributed by atoms with Gasteiger partial charge in [-0.25, -0.2) is 9.18 Å². The molecule has 3 aromatic rings. The van der Waals surface area contributed by atoms with Crippen molar-refractivity contribution in [2.45, 2.75) is 32.4 Å². The van der Waals surface area contributed by atoms with Crippen LogP contribution in [0.4, 0.5) is 4.39 Å². The highest BCUT2D eigenvalue weighted by Gasteiger charge is 2.28. The maximum Gasteiger partial charge on any atom is 0.340 e. The standard InChI is InChI=1S/C25H27FN2O2/c1-16(19-13-14-27(3)23(15-19)18-9-11-20(26)12-10-18)28-17(2)24(25(29)30-4)21-7-5-6-8-22(21)28/h5-13,16,23H,14-15H2,1-4H3. The molecular formula is C25H27FN2O2. The Balaban J connectivity index is 1.73. The molecule has 5 heteroatoms. The van der Waals surface area contributed by atoms with Crippen LogP contribution in [0.1, 0.15) is 47.0 Å². The molecule has 1 aromatic heterocycles. The summed E-state index contributed by atoms with van der Waals surface area (Å²) in [6.07, 6.45) is 3.12. The molecule has 4 rings (SSSR count). The van der Waals surface area contributed by atoms with Crippen LogP contribution >= 0.6 is 0 Å². The van der Waals surface area contributed by atoms with Gasteiger partial charge in [0.05, 0.1) is 18.7 Å². The van der Waals surface area contributed by atoms with E-state index in [1.54, 1.807) is 0 Å². The van der Waals surface area contributed by atoms with E-state index in [0.29, 0.717) is 5.56 Å². The quantitative estimate of drug-likeness (QED) is 0.427. The first-order chi connectivity index (χ1) is 14.4. The van der Waals surface area contributed by atoms with Gasteiger partial charge in [0.2, 0.25) is 0 Å². The number of nitrogens with zero attached hydrogens (tertiary/aromatic N) is 2. The molecule has 0 radical (unpaired) electrons. The van der Waals surface area contributed by atoms with Crippen molar-refractivity contribution in [1.29, 1.82) is 0 Å². The number of likely N-dealkylation sites (N-methyl/N-ethyl adjacent to an activating group) is 1. The summed E-state index contributed by atoms with van der Waals surface area (Å²) in [6.45, 7) is 4.99.